The summed E-state index contributed by atoms with van der Waals surface area (Å²) < 4.78 is 3.53. The van der Waals surface area contributed by atoms with Gasteiger partial charge < -0.3 is 10.1 Å². The van der Waals surface area contributed by atoms with E-state index in [0.29, 0.717) is 11.3 Å². The van der Waals surface area contributed by atoms with Gasteiger partial charge in [-0.3, -0.25) is 10.1 Å². The number of hydrogen-bond acceptors (Lipinski definition) is 2. The Kier molecular flexibility index (Phi) is 6.17. The quantitative estimate of drug-likeness (QED) is 0.645. The molecule has 0 aliphatic carbocycles. The fourth-order valence-electron chi connectivity index (χ4n) is 1.77. The predicted octanol–water partition coefficient (Wildman–Crippen LogP) is 2.48. The molecule has 0 radical (unpaired) electrons. The van der Waals surface area contributed by atoms with Gasteiger partial charge in [0.15, 0.2) is 0 Å². The van der Waals surface area contributed by atoms with Crippen LogP contribution < -0.4 is 15.4 Å². The van der Waals surface area contributed by atoms with E-state index in [1.54, 1.807) is 29.6 Å². The molecule has 1 amide bonds. The number of halogens is 3. The first-order chi connectivity index (χ1) is 9.54. The molecule has 4 nitrogen and oxygen atoms in total. The molecule has 0 fully saturated rings. The number of para-hydroxylation sites is 1. The van der Waals surface area contributed by atoms with E-state index in [0.717, 1.165) is 0 Å². The van der Waals surface area contributed by atoms with E-state index in [2.05, 4.69) is 5.32 Å². The molecule has 0 bridgehead atoms. The monoisotopic (exact) mass is 353 g/mol. The Morgan fingerprint density at radius 1 is 1.24 bits per heavy atom. The smallest absolute Gasteiger partial charge is 0.262 e. The molecule has 0 aliphatic rings. The lowest BCUT2D eigenvalue weighted by Crippen LogP contribution is -3.03. The average Bonchev–Trinajstić information content (AvgIpc) is 2.35. The van der Waals surface area contributed by atoms with Gasteiger partial charge in [0, 0.05) is 0 Å². The van der Waals surface area contributed by atoms with Crippen LogP contribution in [0.5, 0.6) is 5.75 Å². The highest BCUT2D eigenvalue weighted by atomic mass is 35.6. The molecule has 0 spiro atoms. The number of amides is 1. The summed E-state index contributed by atoms with van der Waals surface area (Å²) in [7, 11) is 1.50. The van der Waals surface area contributed by atoms with Crippen molar-refractivity contribution in [1.82, 2.24) is 5.32 Å². The molecule has 7 heteroatoms. The second-order valence-corrected chi connectivity index (χ2v) is 8.09. The molecule has 1 atom stereocenters. The van der Waals surface area contributed by atoms with Gasteiger partial charge >= 0.3 is 0 Å². The van der Waals surface area contributed by atoms with Gasteiger partial charge in [0.05, 0.1) is 18.2 Å². The van der Waals surface area contributed by atoms with Crippen molar-refractivity contribution in [2.45, 2.75) is 36.3 Å². The number of benzene rings is 1. The molecule has 1 aromatic carbocycles. The van der Waals surface area contributed by atoms with E-state index in [-0.39, 0.29) is 11.4 Å². The Labute approximate surface area is 140 Å². The molecule has 0 saturated carbocycles. The molecular formula is C14H20Cl3N2O2+. The molecule has 0 aromatic heterocycles. The zero-order chi connectivity index (χ0) is 16.3. The first-order valence-electron chi connectivity index (χ1n) is 6.41. The summed E-state index contributed by atoms with van der Waals surface area (Å²) in [5.41, 5.74) is 0.171. The van der Waals surface area contributed by atoms with Crippen molar-refractivity contribution in [3.8, 4) is 5.75 Å². The number of rotatable bonds is 4. The zero-order valence-corrected chi connectivity index (χ0v) is 14.7. The largest absolute Gasteiger partial charge is 0.496 e. The van der Waals surface area contributed by atoms with Gasteiger partial charge in [-0.05, 0) is 32.9 Å². The Morgan fingerprint density at radius 2 is 1.81 bits per heavy atom. The Bertz CT molecular complexity index is 496. The molecular weight excluding hydrogens is 335 g/mol. The fourth-order valence-corrected chi connectivity index (χ4v) is 2.12. The summed E-state index contributed by atoms with van der Waals surface area (Å²) in [5.74, 6) is 0.109. The molecule has 0 unspecified atom stereocenters. The second kappa shape index (κ2) is 7.05. The van der Waals surface area contributed by atoms with Gasteiger partial charge in [-0.15, -0.1) is 0 Å². The molecule has 118 valence electrons. The zero-order valence-electron chi connectivity index (χ0n) is 12.4. The van der Waals surface area contributed by atoms with Gasteiger partial charge in [-0.2, -0.15) is 0 Å². The van der Waals surface area contributed by atoms with Crippen LogP contribution in [0.4, 0.5) is 0 Å². The van der Waals surface area contributed by atoms with Crippen molar-refractivity contribution in [3.63, 3.8) is 0 Å². The standard InChI is InChI=1S/C14H19Cl3N2O2/c1-13(2,3)19-12(14(15,16)17)18-11(20)9-7-5-6-8-10(9)21-4/h5-8,12,19H,1-4H3,(H,18,20)/p+1/t12-/m0/s1. The summed E-state index contributed by atoms with van der Waals surface area (Å²) in [5, 5.41) is 4.53. The third-order valence-corrected chi connectivity index (χ3v) is 3.36. The average molecular weight is 355 g/mol. The highest BCUT2D eigenvalue weighted by molar-refractivity contribution is 6.68. The van der Waals surface area contributed by atoms with Crippen molar-refractivity contribution < 1.29 is 14.8 Å². The lowest BCUT2D eigenvalue weighted by Gasteiger charge is -2.29. The summed E-state index contributed by atoms with van der Waals surface area (Å²) in [4.78, 5) is 12.4. The van der Waals surface area contributed by atoms with Gasteiger partial charge in [-0.25, -0.2) is 0 Å². The highest BCUT2D eigenvalue weighted by Crippen LogP contribution is 2.28. The van der Waals surface area contributed by atoms with Gasteiger partial charge in [0.2, 0.25) is 6.17 Å². The van der Waals surface area contributed by atoms with Crippen molar-refractivity contribution in [2.24, 2.45) is 0 Å². The number of quaternary nitrogens is 1. The first kappa shape index (κ1) is 18.4. The molecule has 1 aromatic rings. The minimum absolute atomic E-state index is 0.220. The van der Waals surface area contributed by atoms with Crippen LogP contribution in [0.1, 0.15) is 31.1 Å². The highest BCUT2D eigenvalue weighted by Gasteiger charge is 2.40. The maximum Gasteiger partial charge on any atom is 0.262 e. The molecule has 0 saturated heterocycles. The van der Waals surface area contributed by atoms with E-state index < -0.39 is 9.96 Å². The Hall–Kier alpha value is -0.680. The molecule has 0 aliphatic heterocycles. The third kappa shape index (κ3) is 5.91. The normalized spacial score (nSPS) is 13.7. The van der Waals surface area contributed by atoms with E-state index >= 15 is 0 Å². The first-order valence-corrected chi connectivity index (χ1v) is 7.54. The van der Waals surface area contributed by atoms with Crippen molar-refractivity contribution in [2.75, 3.05) is 7.11 Å². The van der Waals surface area contributed by atoms with Crippen LogP contribution in [0.25, 0.3) is 0 Å². The maximum atomic E-state index is 12.4. The van der Waals surface area contributed by atoms with Crippen molar-refractivity contribution >= 4 is 40.7 Å². The second-order valence-electron chi connectivity index (χ2n) is 5.73. The molecule has 3 N–H and O–H groups in total. The number of carbonyl (C=O) groups is 1. The third-order valence-electron chi connectivity index (χ3n) is 2.66. The topological polar surface area (TPSA) is 54.9 Å². The van der Waals surface area contributed by atoms with Crippen LogP contribution in [-0.2, 0) is 0 Å². The van der Waals surface area contributed by atoms with Crippen molar-refractivity contribution in [1.29, 1.82) is 0 Å². The van der Waals surface area contributed by atoms with Gasteiger partial charge in [0.25, 0.3) is 9.70 Å². The Balaban J connectivity index is 2.96. The van der Waals surface area contributed by atoms with Gasteiger partial charge in [-0.1, -0.05) is 46.9 Å². The van der Waals surface area contributed by atoms with E-state index in [9.17, 15) is 4.79 Å². The van der Waals surface area contributed by atoms with Crippen LogP contribution in [0.3, 0.4) is 0 Å². The molecule has 1 rings (SSSR count). The molecule has 0 heterocycles. The van der Waals surface area contributed by atoms with Crippen LogP contribution in [0.15, 0.2) is 24.3 Å². The number of methoxy groups -OCH3 is 1. The lowest BCUT2D eigenvalue weighted by molar-refractivity contribution is -0.749. The maximum absolute atomic E-state index is 12.4. The van der Waals surface area contributed by atoms with Crippen LogP contribution in [-0.4, -0.2) is 28.5 Å². The van der Waals surface area contributed by atoms with Crippen LogP contribution in [0.2, 0.25) is 0 Å². The fraction of sp³-hybridized carbons (Fsp3) is 0.500. The molecule has 21 heavy (non-hydrogen) atoms. The summed E-state index contributed by atoms with van der Waals surface area (Å²) >= 11 is 17.9. The van der Waals surface area contributed by atoms with E-state index in [1.165, 1.54) is 7.11 Å². The lowest BCUT2D eigenvalue weighted by atomic mass is 10.1. The number of nitrogens with one attached hydrogen (secondary N) is 1. The van der Waals surface area contributed by atoms with Crippen molar-refractivity contribution in [3.05, 3.63) is 29.8 Å². The SMILES string of the molecule is COc1ccccc1C(=O)N[C@@H]([NH2+]C(C)(C)C)C(Cl)(Cl)Cl. The summed E-state index contributed by atoms with van der Waals surface area (Å²) in [6.45, 7) is 5.89. The minimum Gasteiger partial charge on any atom is -0.496 e. The van der Waals surface area contributed by atoms with Gasteiger partial charge in [0.1, 0.15) is 5.75 Å². The van der Waals surface area contributed by atoms with Crippen LogP contribution in [0, 0.1) is 0 Å². The number of nitrogens with two attached hydrogens (primary N) is 1. The van der Waals surface area contributed by atoms with Crippen LogP contribution >= 0.6 is 34.8 Å². The Morgan fingerprint density at radius 3 is 2.29 bits per heavy atom. The summed E-state index contributed by atoms with van der Waals surface area (Å²) in [6.07, 6.45) is -0.722. The number of carbonyl (C=O) groups excluding carboxylic acids is 1. The summed E-state index contributed by atoms with van der Waals surface area (Å²) in [6, 6.07) is 6.88. The number of hydrogen-bond donors (Lipinski definition) is 2. The number of ether oxygens (including phenoxy) is 1. The number of alkyl halides is 3. The van der Waals surface area contributed by atoms with E-state index in [4.69, 9.17) is 39.5 Å². The predicted molar refractivity (Wildman–Crippen MR) is 86.2 cm³/mol. The minimum atomic E-state index is -1.63. The van der Waals surface area contributed by atoms with E-state index in [1.807, 2.05) is 20.8 Å².